The highest BCUT2D eigenvalue weighted by molar-refractivity contribution is 14.1. The van der Waals surface area contributed by atoms with Crippen molar-refractivity contribution in [2.45, 2.75) is 32.4 Å². The molecule has 0 aliphatic carbocycles. The van der Waals surface area contributed by atoms with Crippen molar-refractivity contribution in [1.82, 2.24) is 5.32 Å². The van der Waals surface area contributed by atoms with Crippen LogP contribution in [0.5, 0.6) is 11.5 Å². The molecule has 1 aliphatic rings. The fourth-order valence-corrected chi connectivity index (χ4v) is 5.33. The maximum Gasteiger partial charge on any atom is 0.260 e. The Bertz CT molecular complexity index is 1230. The number of carbonyl (C=O) groups is 1. The lowest BCUT2D eigenvalue weighted by atomic mass is 10.1. The second-order valence-electron chi connectivity index (χ2n) is 7.86. The Kier molecular flexibility index (Phi) is 8.56. The lowest BCUT2D eigenvalue weighted by Gasteiger charge is -2.15. The van der Waals surface area contributed by atoms with Gasteiger partial charge in [0, 0.05) is 5.69 Å². The number of amides is 1. The molecule has 3 aromatic rings. The van der Waals surface area contributed by atoms with Crippen molar-refractivity contribution in [3.05, 3.63) is 91.6 Å². The first-order chi connectivity index (χ1) is 16.9. The molecule has 0 unspecified atom stereocenters. The van der Waals surface area contributed by atoms with Gasteiger partial charge in [-0.3, -0.25) is 4.79 Å². The molecule has 0 spiro atoms. The molecule has 1 saturated heterocycles. The number of hydrogen-bond donors (Lipinski definition) is 2. The van der Waals surface area contributed by atoms with E-state index in [1.807, 2.05) is 43.3 Å². The van der Waals surface area contributed by atoms with E-state index in [0.717, 1.165) is 26.8 Å². The fraction of sp³-hybridized carbons (Fsp3) is 0.222. The SMILES string of the molecule is CCOc1cc(/C=C2\S[C@H](Nc3ccc(CC)cc3)NC2=O)cc(I)c1OCc1cccc(F)c1. The van der Waals surface area contributed by atoms with Crippen molar-refractivity contribution in [2.24, 2.45) is 0 Å². The summed E-state index contributed by atoms with van der Waals surface area (Å²) in [6.45, 7) is 4.70. The van der Waals surface area contributed by atoms with E-state index < -0.39 is 0 Å². The first kappa shape index (κ1) is 25.4. The second kappa shape index (κ2) is 11.8. The minimum Gasteiger partial charge on any atom is -0.490 e. The van der Waals surface area contributed by atoms with Crippen molar-refractivity contribution in [2.75, 3.05) is 11.9 Å². The summed E-state index contributed by atoms with van der Waals surface area (Å²) in [5, 5.41) is 6.31. The number of benzene rings is 3. The van der Waals surface area contributed by atoms with Gasteiger partial charge in [-0.15, -0.1) is 0 Å². The monoisotopic (exact) mass is 604 g/mol. The predicted molar refractivity (Wildman–Crippen MR) is 148 cm³/mol. The number of halogens is 2. The van der Waals surface area contributed by atoms with Crippen LogP contribution in [0.15, 0.2) is 65.6 Å². The molecule has 1 fully saturated rings. The zero-order valence-electron chi connectivity index (χ0n) is 19.4. The number of nitrogens with one attached hydrogen (secondary N) is 2. The number of ether oxygens (including phenoxy) is 2. The zero-order chi connectivity index (χ0) is 24.8. The summed E-state index contributed by atoms with van der Waals surface area (Å²) < 4.78 is 26.2. The first-order valence-corrected chi connectivity index (χ1v) is 13.3. The summed E-state index contributed by atoms with van der Waals surface area (Å²) in [5.74, 6) is 0.747. The molecule has 2 N–H and O–H groups in total. The number of thioether (sulfide) groups is 1. The number of anilines is 1. The van der Waals surface area contributed by atoms with Crippen LogP contribution in [-0.2, 0) is 17.8 Å². The van der Waals surface area contributed by atoms with Gasteiger partial charge in [0.05, 0.1) is 15.1 Å². The maximum absolute atomic E-state index is 13.5. The second-order valence-corrected chi connectivity index (χ2v) is 10.2. The van der Waals surface area contributed by atoms with Gasteiger partial charge in [0.15, 0.2) is 17.0 Å². The van der Waals surface area contributed by atoms with E-state index >= 15 is 0 Å². The topological polar surface area (TPSA) is 59.6 Å². The average Bonchev–Trinajstić information content (AvgIpc) is 3.17. The van der Waals surface area contributed by atoms with E-state index in [9.17, 15) is 9.18 Å². The van der Waals surface area contributed by atoms with Gasteiger partial charge in [-0.2, -0.15) is 0 Å². The molecule has 3 aromatic carbocycles. The third kappa shape index (κ3) is 6.70. The van der Waals surface area contributed by atoms with Gasteiger partial charge in [-0.05, 0) is 95.1 Å². The Morgan fingerprint density at radius 2 is 1.89 bits per heavy atom. The molecule has 0 bridgehead atoms. The number of hydrogen-bond acceptors (Lipinski definition) is 5. The van der Waals surface area contributed by atoms with E-state index in [-0.39, 0.29) is 23.8 Å². The summed E-state index contributed by atoms with van der Waals surface area (Å²) >= 11 is 3.63. The van der Waals surface area contributed by atoms with Crippen LogP contribution in [0.3, 0.4) is 0 Å². The van der Waals surface area contributed by atoms with E-state index in [4.69, 9.17) is 9.47 Å². The molecule has 8 heteroatoms. The third-order valence-corrected chi connectivity index (χ3v) is 7.12. The van der Waals surface area contributed by atoms with Crippen molar-refractivity contribution in [3.63, 3.8) is 0 Å². The predicted octanol–water partition coefficient (Wildman–Crippen LogP) is 6.57. The molecule has 1 atom stereocenters. The van der Waals surface area contributed by atoms with Gasteiger partial charge in [0.2, 0.25) is 0 Å². The standard InChI is InChI=1S/C27H26FIN2O3S/c1-3-17-8-10-21(11-9-17)30-27-31-26(32)24(35-27)15-19-13-22(29)25(23(14-19)33-4-2)34-16-18-6-5-7-20(28)12-18/h5-15,27,30H,3-4,16H2,1-2H3,(H,31,32)/b24-15-/t27-/m1/s1. The van der Waals surface area contributed by atoms with E-state index in [1.165, 1.54) is 29.5 Å². The lowest BCUT2D eigenvalue weighted by Crippen LogP contribution is -2.30. The van der Waals surface area contributed by atoms with Gasteiger partial charge in [-0.1, -0.05) is 43.0 Å². The number of rotatable bonds is 9. The van der Waals surface area contributed by atoms with E-state index in [0.29, 0.717) is 23.0 Å². The lowest BCUT2D eigenvalue weighted by molar-refractivity contribution is -0.116. The highest BCUT2D eigenvalue weighted by Gasteiger charge is 2.27. The minimum absolute atomic E-state index is 0.128. The zero-order valence-corrected chi connectivity index (χ0v) is 22.4. The van der Waals surface area contributed by atoms with Crippen molar-refractivity contribution >= 4 is 52.0 Å². The smallest absolute Gasteiger partial charge is 0.260 e. The molecule has 35 heavy (non-hydrogen) atoms. The molecule has 182 valence electrons. The quantitative estimate of drug-likeness (QED) is 0.214. The maximum atomic E-state index is 13.5. The Morgan fingerprint density at radius 3 is 2.60 bits per heavy atom. The molecule has 1 heterocycles. The normalized spacial score (nSPS) is 16.3. The molecule has 5 nitrogen and oxygen atoms in total. The molecule has 0 saturated carbocycles. The van der Waals surface area contributed by atoms with Gasteiger partial charge in [0.25, 0.3) is 5.91 Å². The Labute approximate surface area is 222 Å². The van der Waals surface area contributed by atoms with Crippen LogP contribution in [0.2, 0.25) is 0 Å². The highest BCUT2D eigenvalue weighted by atomic mass is 127. The van der Waals surface area contributed by atoms with Gasteiger partial charge >= 0.3 is 0 Å². The minimum atomic E-state index is -0.300. The summed E-state index contributed by atoms with van der Waals surface area (Å²) in [4.78, 5) is 13.2. The van der Waals surface area contributed by atoms with Gasteiger partial charge in [-0.25, -0.2) is 4.39 Å². The van der Waals surface area contributed by atoms with E-state index in [2.05, 4.69) is 52.3 Å². The fourth-order valence-electron chi connectivity index (χ4n) is 3.56. The third-order valence-electron chi connectivity index (χ3n) is 5.29. The summed E-state index contributed by atoms with van der Waals surface area (Å²) in [5.41, 5.74) is 3.54. The van der Waals surface area contributed by atoms with Crippen LogP contribution in [0.4, 0.5) is 10.1 Å². The molecule has 4 rings (SSSR count). The van der Waals surface area contributed by atoms with Gasteiger partial charge < -0.3 is 20.1 Å². The summed E-state index contributed by atoms with van der Waals surface area (Å²) in [6, 6.07) is 18.3. The number of aryl methyl sites for hydroxylation is 1. The first-order valence-electron chi connectivity index (χ1n) is 11.3. The van der Waals surface area contributed by atoms with Crippen LogP contribution in [0.25, 0.3) is 6.08 Å². The Hall–Kier alpha value is -2.72. The van der Waals surface area contributed by atoms with Crippen molar-refractivity contribution in [1.29, 1.82) is 0 Å². The molecular weight excluding hydrogens is 578 g/mol. The molecule has 1 amide bonds. The number of carbonyl (C=O) groups excluding carboxylic acids is 1. The Balaban J connectivity index is 1.49. The molecule has 1 aliphatic heterocycles. The van der Waals surface area contributed by atoms with Crippen LogP contribution < -0.4 is 20.1 Å². The highest BCUT2D eigenvalue weighted by Crippen LogP contribution is 2.37. The molecule has 0 aromatic heterocycles. The average molecular weight is 604 g/mol. The Morgan fingerprint density at radius 1 is 1.09 bits per heavy atom. The summed E-state index contributed by atoms with van der Waals surface area (Å²) in [7, 11) is 0. The van der Waals surface area contributed by atoms with Crippen LogP contribution in [0, 0.1) is 9.39 Å². The van der Waals surface area contributed by atoms with E-state index in [1.54, 1.807) is 6.07 Å². The van der Waals surface area contributed by atoms with Gasteiger partial charge in [0.1, 0.15) is 12.4 Å². The van der Waals surface area contributed by atoms with Crippen LogP contribution >= 0.6 is 34.4 Å². The molecule has 0 radical (unpaired) electrons. The van der Waals surface area contributed by atoms with Crippen LogP contribution in [0.1, 0.15) is 30.5 Å². The summed E-state index contributed by atoms with van der Waals surface area (Å²) in [6.07, 6.45) is 2.84. The largest absolute Gasteiger partial charge is 0.490 e. The van der Waals surface area contributed by atoms with Crippen LogP contribution in [-0.4, -0.2) is 18.0 Å². The van der Waals surface area contributed by atoms with Crippen molar-refractivity contribution < 1.29 is 18.7 Å². The molecular formula is C27H26FIN2O3S. The van der Waals surface area contributed by atoms with Crippen molar-refractivity contribution in [3.8, 4) is 11.5 Å².